The summed E-state index contributed by atoms with van der Waals surface area (Å²) in [4.78, 5) is 27.1. The third kappa shape index (κ3) is 4.09. The predicted molar refractivity (Wildman–Crippen MR) is 102 cm³/mol. The highest BCUT2D eigenvalue weighted by Gasteiger charge is 2.15. The molecule has 9 heteroatoms. The van der Waals surface area contributed by atoms with Crippen LogP contribution in [0.25, 0.3) is 10.2 Å². The van der Waals surface area contributed by atoms with Crippen LogP contribution >= 0.6 is 34.7 Å². The van der Waals surface area contributed by atoms with Crippen molar-refractivity contribution in [3.05, 3.63) is 57.1 Å². The van der Waals surface area contributed by atoms with Gasteiger partial charge in [0.2, 0.25) is 5.91 Å². The molecule has 0 atom stereocenters. The zero-order chi connectivity index (χ0) is 18.0. The van der Waals surface area contributed by atoms with E-state index >= 15 is 0 Å². The fraction of sp³-hybridized carbons (Fsp3) is 0.125. The van der Waals surface area contributed by atoms with Gasteiger partial charge in [-0.05, 0) is 31.2 Å². The van der Waals surface area contributed by atoms with Crippen LogP contribution in [-0.2, 0) is 4.79 Å². The van der Waals surface area contributed by atoms with Crippen molar-refractivity contribution in [1.82, 2.24) is 4.98 Å². The van der Waals surface area contributed by atoms with Gasteiger partial charge in [0.05, 0.1) is 32.1 Å². The van der Waals surface area contributed by atoms with Gasteiger partial charge < -0.3 is 5.32 Å². The lowest BCUT2D eigenvalue weighted by Crippen LogP contribution is -2.15. The SMILES string of the molecule is Cc1c(NC(=O)CSc2nc3cc(Cl)ccc3s2)cccc1[N+](=O)[O-]. The van der Waals surface area contributed by atoms with Crippen molar-refractivity contribution in [2.24, 2.45) is 0 Å². The number of nitro benzene ring substituents is 1. The first-order valence-corrected chi connectivity index (χ1v) is 9.35. The summed E-state index contributed by atoms with van der Waals surface area (Å²) < 4.78 is 1.77. The molecule has 1 amide bonds. The van der Waals surface area contributed by atoms with Gasteiger partial charge in [0.25, 0.3) is 5.69 Å². The molecule has 0 saturated carbocycles. The molecule has 1 aromatic heterocycles. The first-order valence-electron chi connectivity index (χ1n) is 7.17. The molecule has 25 heavy (non-hydrogen) atoms. The maximum Gasteiger partial charge on any atom is 0.274 e. The van der Waals surface area contributed by atoms with Crippen molar-refractivity contribution in [2.45, 2.75) is 11.3 Å². The molecule has 2 aromatic carbocycles. The molecule has 3 aromatic rings. The zero-order valence-electron chi connectivity index (χ0n) is 13.0. The number of hydrogen-bond donors (Lipinski definition) is 1. The van der Waals surface area contributed by atoms with Crippen LogP contribution in [0.4, 0.5) is 11.4 Å². The molecule has 1 N–H and O–H groups in total. The van der Waals surface area contributed by atoms with E-state index in [2.05, 4.69) is 10.3 Å². The zero-order valence-corrected chi connectivity index (χ0v) is 15.4. The highest BCUT2D eigenvalue weighted by molar-refractivity contribution is 8.01. The Kier molecular flexibility index (Phi) is 5.22. The van der Waals surface area contributed by atoms with Gasteiger partial charge in [-0.25, -0.2) is 4.98 Å². The minimum Gasteiger partial charge on any atom is -0.325 e. The molecular formula is C16H12ClN3O3S2. The Morgan fingerprint density at radius 1 is 1.40 bits per heavy atom. The van der Waals surface area contributed by atoms with Gasteiger partial charge in [0, 0.05) is 11.1 Å². The standard InChI is InChI=1S/C16H12ClN3O3S2/c1-9-11(3-2-4-13(9)20(22)23)18-15(21)8-24-16-19-12-7-10(17)5-6-14(12)25-16/h2-7H,8H2,1H3,(H,18,21). The Hall–Kier alpha value is -2.16. The number of halogens is 1. The number of carbonyl (C=O) groups is 1. The number of thioether (sulfide) groups is 1. The van der Waals surface area contributed by atoms with Gasteiger partial charge >= 0.3 is 0 Å². The maximum atomic E-state index is 12.1. The lowest BCUT2D eigenvalue weighted by molar-refractivity contribution is -0.385. The van der Waals surface area contributed by atoms with Crippen molar-refractivity contribution < 1.29 is 9.72 Å². The van der Waals surface area contributed by atoms with Crippen molar-refractivity contribution in [2.75, 3.05) is 11.1 Å². The number of nitrogens with one attached hydrogen (secondary N) is 1. The second kappa shape index (κ2) is 7.38. The molecule has 0 spiro atoms. The molecule has 0 aliphatic rings. The van der Waals surface area contributed by atoms with Crippen LogP contribution in [0.1, 0.15) is 5.56 Å². The number of fused-ring (bicyclic) bond motifs is 1. The van der Waals surface area contributed by atoms with Gasteiger partial charge in [-0.15, -0.1) is 11.3 Å². The van der Waals surface area contributed by atoms with E-state index in [9.17, 15) is 14.9 Å². The molecule has 0 unspecified atom stereocenters. The Bertz CT molecular complexity index is 974. The normalized spacial score (nSPS) is 10.8. The van der Waals surface area contributed by atoms with Crippen LogP contribution in [0.5, 0.6) is 0 Å². The topological polar surface area (TPSA) is 85.1 Å². The molecule has 0 bridgehead atoms. The van der Waals surface area contributed by atoms with Gasteiger partial charge in [0.1, 0.15) is 0 Å². The third-order valence-corrected chi connectivity index (χ3v) is 5.85. The summed E-state index contributed by atoms with van der Waals surface area (Å²) in [6.45, 7) is 1.61. The minimum atomic E-state index is -0.466. The Morgan fingerprint density at radius 2 is 2.20 bits per heavy atom. The summed E-state index contributed by atoms with van der Waals surface area (Å²) in [6, 6.07) is 10.1. The van der Waals surface area contributed by atoms with E-state index in [1.165, 1.54) is 29.2 Å². The van der Waals surface area contributed by atoms with Crippen molar-refractivity contribution in [3.63, 3.8) is 0 Å². The van der Waals surface area contributed by atoms with Gasteiger partial charge in [-0.2, -0.15) is 0 Å². The van der Waals surface area contributed by atoms with Crippen molar-refractivity contribution in [1.29, 1.82) is 0 Å². The van der Waals surface area contributed by atoms with Crippen molar-refractivity contribution in [3.8, 4) is 0 Å². The molecule has 6 nitrogen and oxygen atoms in total. The second-order valence-electron chi connectivity index (χ2n) is 5.14. The number of thiazole rings is 1. The molecule has 1 heterocycles. The Labute approximate surface area is 156 Å². The summed E-state index contributed by atoms with van der Waals surface area (Å²) in [6.07, 6.45) is 0. The lowest BCUT2D eigenvalue weighted by Gasteiger charge is -2.07. The lowest BCUT2D eigenvalue weighted by atomic mass is 10.1. The van der Waals surface area contributed by atoms with Gasteiger partial charge in [-0.1, -0.05) is 29.4 Å². The van der Waals surface area contributed by atoms with E-state index in [4.69, 9.17) is 11.6 Å². The van der Waals surface area contributed by atoms with E-state index in [-0.39, 0.29) is 17.3 Å². The van der Waals surface area contributed by atoms with Crippen LogP contribution < -0.4 is 5.32 Å². The molecule has 0 aliphatic heterocycles. The van der Waals surface area contributed by atoms with Crippen molar-refractivity contribution >= 4 is 62.2 Å². The highest BCUT2D eigenvalue weighted by Crippen LogP contribution is 2.31. The number of hydrogen-bond acceptors (Lipinski definition) is 6. The van der Waals surface area contributed by atoms with E-state index in [0.29, 0.717) is 16.3 Å². The molecule has 0 saturated heterocycles. The number of aromatic nitrogens is 1. The van der Waals surface area contributed by atoms with Crippen LogP contribution in [-0.4, -0.2) is 21.6 Å². The predicted octanol–water partition coefficient (Wildman–Crippen LogP) is 4.90. The number of nitrogens with zero attached hydrogens (tertiary/aromatic N) is 2. The summed E-state index contributed by atoms with van der Waals surface area (Å²) in [5, 5.41) is 14.3. The average molecular weight is 394 g/mol. The smallest absolute Gasteiger partial charge is 0.274 e. The fourth-order valence-corrected chi connectivity index (χ4v) is 4.23. The van der Waals surface area contributed by atoms with Crippen LogP contribution in [0.15, 0.2) is 40.7 Å². The number of benzene rings is 2. The summed E-state index contributed by atoms with van der Waals surface area (Å²) in [5.41, 5.74) is 1.65. The van der Waals surface area contributed by atoms with Crippen LogP contribution in [0.2, 0.25) is 5.02 Å². The van der Waals surface area contributed by atoms with E-state index in [1.807, 2.05) is 6.07 Å². The quantitative estimate of drug-likeness (QED) is 0.378. The van der Waals surface area contributed by atoms with E-state index in [1.54, 1.807) is 31.2 Å². The number of carbonyl (C=O) groups excluding carboxylic acids is 1. The second-order valence-corrected chi connectivity index (χ2v) is 7.83. The third-order valence-electron chi connectivity index (χ3n) is 3.43. The summed E-state index contributed by atoms with van der Waals surface area (Å²) in [5.74, 6) is -0.0822. The van der Waals surface area contributed by atoms with Crippen LogP contribution in [0.3, 0.4) is 0 Å². The molecule has 3 rings (SSSR count). The Balaban J connectivity index is 1.66. The Morgan fingerprint density at radius 3 is 2.96 bits per heavy atom. The highest BCUT2D eigenvalue weighted by atomic mass is 35.5. The first kappa shape index (κ1) is 17.7. The maximum absolute atomic E-state index is 12.1. The van der Waals surface area contributed by atoms with E-state index in [0.717, 1.165) is 14.6 Å². The number of nitro groups is 1. The fourth-order valence-electron chi connectivity index (χ4n) is 2.21. The number of rotatable bonds is 5. The summed E-state index contributed by atoms with van der Waals surface area (Å²) >= 11 is 8.74. The summed E-state index contributed by atoms with van der Waals surface area (Å²) in [7, 11) is 0. The van der Waals surface area contributed by atoms with E-state index < -0.39 is 4.92 Å². The number of amides is 1. The molecule has 0 fully saturated rings. The first-order chi connectivity index (χ1) is 11.9. The largest absolute Gasteiger partial charge is 0.325 e. The molecule has 0 radical (unpaired) electrons. The molecule has 0 aliphatic carbocycles. The van der Waals surface area contributed by atoms with Gasteiger partial charge in [-0.3, -0.25) is 14.9 Å². The molecular weight excluding hydrogens is 382 g/mol. The van der Waals surface area contributed by atoms with Crippen LogP contribution in [0, 0.1) is 17.0 Å². The minimum absolute atomic E-state index is 0.0199. The molecule has 128 valence electrons. The van der Waals surface area contributed by atoms with Gasteiger partial charge in [0.15, 0.2) is 4.34 Å². The number of anilines is 1. The average Bonchev–Trinajstić information content (AvgIpc) is 2.96. The monoisotopic (exact) mass is 393 g/mol.